The minimum atomic E-state index is -0.737. The van der Waals surface area contributed by atoms with Crippen molar-refractivity contribution in [1.82, 2.24) is 0 Å². The fourth-order valence-corrected chi connectivity index (χ4v) is 4.22. The Morgan fingerprint density at radius 2 is 1.70 bits per heavy atom. The van der Waals surface area contributed by atoms with Crippen molar-refractivity contribution in [2.75, 3.05) is 17.7 Å². The molecule has 0 unspecified atom stereocenters. The van der Waals surface area contributed by atoms with Gasteiger partial charge in [0.05, 0.1) is 22.5 Å². The van der Waals surface area contributed by atoms with Gasteiger partial charge in [0, 0.05) is 27.9 Å². The lowest BCUT2D eigenvalue weighted by atomic mass is 10.1. The second kappa shape index (κ2) is 9.80. The maximum absolute atomic E-state index is 12.8. The minimum absolute atomic E-state index is 0.0266. The van der Waals surface area contributed by atoms with Gasteiger partial charge in [0.2, 0.25) is 0 Å². The van der Waals surface area contributed by atoms with Crippen LogP contribution in [0.4, 0.5) is 16.4 Å². The van der Waals surface area contributed by atoms with Gasteiger partial charge in [0.25, 0.3) is 17.5 Å². The highest BCUT2D eigenvalue weighted by molar-refractivity contribution is 7.19. The van der Waals surface area contributed by atoms with Crippen LogP contribution >= 0.6 is 22.9 Å². The molecule has 1 heterocycles. The number of nitrogens with zero attached hydrogens (tertiary/aromatic N) is 1. The number of nitro groups is 1. The largest absolute Gasteiger partial charge is 0.465 e. The van der Waals surface area contributed by atoms with Crippen molar-refractivity contribution in [2.45, 2.75) is 13.8 Å². The third-order valence-electron chi connectivity index (χ3n) is 4.74. The van der Waals surface area contributed by atoms with Crippen molar-refractivity contribution >= 4 is 57.1 Å². The van der Waals surface area contributed by atoms with Crippen molar-refractivity contribution < 1.29 is 24.0 Å². The van der Waals surface area contributed by atoms with E-state index >= 15 is 0 Å². The summed E-state index contributed by atoms with van der Waals surface area (Å²) in [4.78, 5) is 48.8. The summed E-state index contributed by atoms with van der Waals surface area (Å²) in [6.45, 7) is 3.12. The van der Waals surface area contributed by atoms with Gasteiger partial charge in [-0.05, 0) is 49.7 Å². The fraction of sp³-hybridized carbons (Fsp3) is 0.136. The molecule has 11 heteroatoms. The van der Waals surface area contributed by atoms with Crippen LogP contribution in [-0.4, -0.2) is 29.8 Å². The third kappa shape index (κ3) is 5.18. The first kappa shape index (κ1) is 23.9. The molecule has 0 fully saturated rings. The van der Waals surface area contributed by atoms with E-state index in [-0.39, 0.29) is 26.7 Å². The van der Waals surface area contributed by atoms with E-state index in [2.05, 4.69) is 10.6 Å². The normalized spacial score (nSPS) is 10.4. The molecule has 0 atom stereocenters. The SMILES string of the molecule is COC(=O)c1c(NC(=O)c2ccc(C)c([N+](=O)[O-])c2)sc(C(=O)Nc2ccc(Cl)cc2)c1C. The Hall–Kier alpha value is -3.76. The first-order valence-electron chi connectivity index (χ1n) is 9.47. The lowest BCUT2D eigenvalue weighted by Crippen LogP contribution is -2.15. The Labute approximate surface area is 197 Å². The number of esters is 1. The maximum Gasteiger partial charge on any atom is 0.341 e. The van der Waals surface area contributed by atoms with Crippen LogP contribution in [0.3, 0.4) is 0 Å². The molecule has 0 spiro atoms. The Morgan fingerprint density at radius 1 is 1.03 bits per heavy atom. The standard InChI is InChI=1S/C22H18ClN3O6S/c1-11-4-5-13(10-16(11)26(30)31)19(27)25-21-17(22(29)32-3)12(2)18(33-21)20(28)24-15-8-6-14(23)7-9-15/h4-10H,1-3H3,(H,24,28)(H,25,27). The molecule has 0 bridgehead atoms. The number of rotatable bonds is 6. The molecule has 0 saturated carbocycles. The van der Waals surface area contributed by atoms with E-state index in [0.29, 0.717) is 21.8 Å². The summed E-state index contributed by atoms with van der Waals surface area (Å²) in [7, 11) is 1.18. The van der Waals surface area contributed by atoms with E-state index in [1.54, 1.807) is 38.1 Å². The summed E-state index contributed by atoms with van der Waals surface area (Å²) in [6.07, 6.45) is 0. The number of amides is 2. The molecule has 0 aliphatic heterocycles. The predicted molar refractivity (Wildman–Crippen MR) is 126 cm³/mol. The molecular formula is C22H18ClN3O6S. The molecule has 0 aliphatic rings. The molecule has 2 N–H and O–H groups in total. The van der Waals surface area contributed by atoms with Crippen molar-refractivity contribution in [3.05, 3.63) is 84.7 Å². The number of anilines is 2. The van der Waals surface area contributed by atoms with E-state index in [1.165, 1.54) is 19.2 Å². The molecule has 0 radical (unpaired) electrons. The minimum Gasteiger partial charge on any atom is -0.465 e. The fourth-order valence-electron chi connectivity index (χ4n) is 3.01. The summed E-state index contributed by atoms with van der Waals surface area (Å²) < 4.78 is 4.82. The van der Waals surface area contributed by atoms with Crippen molar-refractivity contribution in [3.63, 3.8) is 0 Å². The Bertz CT molecular complexity index is 1270. The second-order valence-corrected chi connectivity index (χ2v) is 8.38. The van der Waals surface area contributed by atoms with Crippen LogP contribution in [0.25, 0.3) is 0 Å². The average Bonchev–Trinajstić information content (AvgIpc) is 3.10. The summed E-state index contributed by atoms with van der Waals surface area (Å²) in [5, 5.41) is 17.1. The Kier molecular flexibility index (Phi) is 7.10. The number of carbonyl (C=O) groups excluding carboxylic acids is 3. The molecule has 1 aromatic heterocycles. The Balaban J connectivity index is 1.94. The molecule has 0 saturated heterocycles. The number of halogens is 1. The van der Waals surface area contributed by atoms with Gasteiger partial charge >= 0.3 is 5.97 Å². The highest BCUT2D eigenvalue weighted by Crippen LogP contribution is 2.35. The van der Waals surface area contributed by atoms with Gasteiger partial charge in [-0.1, -0.05) is 17.7 Å². The van der Waals surface area contributed by atoms with Crippen LogP contribution in [0, 0.1) is 24.0 Å². The molecular weight excluding hydrogens is 470 g/mol. The molecule has 2 amide bonds. The summed E-state index contributed by atoms with van der Waals surface area (Å²) in [6, 6.07) is 10.5. The number of aryl methyl sites for hydroxylation is 1. The van der Waals surface area contributed by atoms with E-state index in [1.807, 2.05) is 0 Å². The number of hydrogen-bond acceptors (Lipinski definition) is 7. The molecule has 33 heavy (non-hydrogen) atoms. The van der Waals surface area contributed by atoms with E-state index in [0.717, 1.165) is 17.4 Å². The topological polar surface area (TPSA) is 128 Å². The first-order valence-corrected chi connectivity index (χ1v) is 10.7. The zero-order valence-corrected chi connectivity index (χ0v) is 19.3. The van der Waals surface area contributed by atoms with E-state index < -0.39 is 22.7 Å². The summed E-state index contributed by atoms with van der Waals surface area (Å²) >= 11 is 6.75. The summed E-state index contributed by atoms with van der Waals surface area (Å²) in [5.74, 6) is -1.90. The van der Waals surface area contributed by atoms with Gasteiger partial charge < -0.3 is 15.4 Å². The number of benzene rings is 2. The number of ether oxygens (including phenoxy) is 1. The van der Waals surface area contributed by atoms with Gasteiger partial charge in [-0.25, -0.2) is 4.79 Å². The van der Waals surface area contributed by atoms with Crippen LogP contribution in [0.1, 0.15) is 41.5 Å². The number of methoxy groups -OCH3 is 1. The van der Waals surface area contributed by atoms with Crippen LogP contribution in [0.2, 0.25) is 5.02 Å². The quantitative estimate of drug-likeness (QED) is 0.279. The zero-order valence-electron chi connectivity index (χ0n) is 17.7. The molecule has 3 aromatic rings. The molecule has 9 nitrogen and oxygen atoms in total. The lowest BCUT2D eigenvalue weighted by Gasteiger charge is -2.07. The van der Waals surface area contributed by atoms with Gasteiger partial charge in [0.1, 0.15) is 5.00 Å². The van der Waals surface area contributed by atoms with Gasteiger partial charge in [-0.15, -0.1) is 11.3 Å². The third-order valence-corrected chi connectivity index (χ3v) is 6.20. The van der Waals surface area contributed by atoms with Crippen LogP contribution in [-0.2, 0) is 4.74 Å². The predicted octanol–water partition coefficient (Wildman–Crippen LogP) is 5.22. The highest BCUT2D eigenvalue weighted by Gasteiger charge is 2.27. The van der Waals surface area contributed by atoms with Crippen molar-refractivity contribution in [1.29, 1.82) is 0 Å². The monoisotopic (exact) mass is 487 g/mol. The smallest absolute Gasteiger partial charge is 0.341 e. The van der Waals surface area contributed by atoms with Gasteiger partial charge in [-0.3, -0.25) is 19.7 Å². The van der Waals surface area contributed by atoms with E-state index in [9.17, 15) is 24.5 Å². The zero-order chi connectivity index (χ0) is 24.3. The van der Waals surface area contributed by atoms with Crippen LogP contribution in [0.5, 0.6) is 0 Å². The highest BCUT2D eigenvalue weighted by atomic mass is 35.5. The van der Waals surface area contributed by atoms with Gasteiger partial charge in [0.15, 0.2) is 0 Å². The first-order chi connectivity index (χ1) is 15.6. The maximum atomic E-state index is 12.8. The van der Waals surface area contributed by atoms with Crippen LogP contribution in [0.15, 0.2) is 42.5 Å². The van der Waals surface area contributed by atoms with Crippen molar-refractivity contribution in [3.8, 4) is 0 Å². The lowest BCUT2D eigenvalue weighted by molar-refractivity contribution is -0.385. The number of nitrogens with one attached hydrogen (secondary N) is 2. The van der Waals surface area contributed by atoms with Crippen molar-refractivity contribution in [2.24, 2.45) is 0 Å². The number of hydrogen-bond donors (Lipinski definition) is 2. The van der Waals surface area contributed by atoms with Crippen LogP contribution < -0.4 is 10.6 Å². The summed E-state index contributed by atoms with van der Waals surface area (Å²) in [5.41, 5.74) is 1.07. The number of nitro benzene ring substituents is 1. The molecule has 3 rings (SSSR count). The molecule has 2 aromatic carbocycles. The van der Waals surface area contributed by atoms with E-state index in [4.69, 9.17) is 16.3 Å². The molecule has 170 valence electrons. The molecule has 0 aliphatic carbocycles. The number of carbonyl (C=O) groups is 3. The second-order valence-electron chi connectivity index (χ2n) is 6.93. The number of thiophene rings is 1. The average molecular weight is 488 g/mol. The van der Waals surface area contributed by atoms with Gasteiger partial charge in [-0.2, -0.15) is 0 Å². The Morgan fingerprint density at radius 3 is 2.30 bits per heavy atom.